The van der Waals surface area contributed by atoms with E-state index in [0.717, 1.165) is 5.69 Å². The Hall–Kier alpha value is -3.43. The molecule has 1 heterocycles. The second-order valence-corrected chi connectivity index (χ2v) is 8.89. The molecule has 0 saturated carbocycles. The lowest BCUT2D eigenvalue weighted by Crippen LogP contribution is -2.43. The first kappa shape index (κ1) is 30.6. The molecule has 1 atom stereocenters. The molecule has 0 saturated heterocycles. The maximum Gasteiger partial charge on any atom is 0.328 e. The molecule has 9 nitrogen and oxygen atoms in total. The predicted octanol–water partition coefficient (Wildman–Crippen LogP) is 3.41. The van der Waals surface area contributed by atoms with E-state index in [4.69, 9.17) is 14.9 Å². The van der Waals surface area contributed by atoms with Crippen LogP contribution in [0.15, 0.2) is 54.7 Å². The van der Waals surface area contributed by atoms with Crippen molar-refractivity contribution in [2.24, 2.45) is 7.05 Å². The van der Waals surface area contributed by atoms with Crippen LogP contribution in [0.3, 0.4) is 0 Å². The van der Waals surface area contributed by atoms with E-state index >= 15 is 0 Å². The predicted molar refractivity (Wildman–Crippen MR) is 137 cm³/mol. The van der Waals surface area contributed by atoms with Gasteiger partial charge in [0.15, 0.2) is 5.78 Å². The number of rotatable bonds is 13. The van der Waals surface area contributed by atoms with Gasteiger partial charge in [0.05, 0.1) is 5.56 Å². The zero-order valence-corrected chi connectivity index (χ0v) is 21.6. The zero-order valence-electron chi connectivity index (χ0n) is 21.6. The Balaban J connectivity index is 0.000000697. The van der Waals surface area contributed by atoms with Crippen LogP contribution in [-0.2, 0) is 23.1 Å². The van der Waals surface area contributed by atoms with Crippen LogP contribution in [0.2, 0.25) is 0 Å². The molecular weight excluding hydrogens is 464 g/mol. The van der Waals surface area contributed by atoms with Crippen molar-refractivity contribution in [2.45, 2.75) is 58.7 Å². The molecule has 1 unspecified atom stereocenters. The summed E-state index contributed by atoms with van der Waals surface area (Å²) in [6.07, 6.45) is 3.60. The van der Waals surface area contributed by atoms with Crippen molar-refractivity contribution in [1.29, 1.82) is 0 Å². The van der Waals surface area contributed by atoms with Crippen molar-refractivity contribution in [3.63, 3.8) is 0 Å². The van der Waals surface area contributed by atoms with Crippen molar-refractivity contribution in [3.05, 3.63) is 66.0 Å². The van der Waals surface area contributed by atoms with Crippen molar-refractivity contribution < 1.29 is 34.4 Å². The van der Waals surface area contributed by atoms with Crippen LogP contribution in [0.5, 0.6) is 5.75 Å². The molecule has 36 heavy (non-hydrogen) atoms. The molecule has 198 valence electrons. The number of ketones is 1. The first-order valence-electron chi connectivity index (χ1n) is 11.8. The van der Waals surface area contributed by atoms with Gasteiger partial charge in [-0.15, -0.1) is 0 Å². The van der Waals surface area contributed by atoms with Gasteiger partial charge in [0.2, 0.25) is 0 Å². The maximum absolute atomic E-state index is 12.7. The molecule has 0 aliphatic carbocycles. The van der Waals surface area contributed by atoms with Gasteiger partial charge in [-0.1, -0.05) is 12.1 Å². The molecule has 9 heteroatoms. The number of aliphatic hydroxyl groups is 1. The number of carbonyl (C=O) groups is 3. The van der Waals surface area contributed by atoms with Crippen LogP contribution in [0.25, 0.3) is 0 Å². The highest BCUT2D eigenvalue weighted by atomic mass is 16.5. The summed E-state index contributed by atoms with van der Waals surface area (Å²) in [5.74, 6) is -1.92. The lowest BCUT2D eigenvalue weighted by molar-refractivity contribution is -0.134. The fourth-order valence-electron chi connectivity index (χ4n) is 3.60. The number of nitrogens with zero attached hydrogens (tertiary/aromatic N) is 2. The Labute approximate surface area is 212 Å². The molecule has 1 aromatic heterocycles. The summed E-state index contributed by atoms with van der Waals surface area (Å²) in [5.41, 5.74) is 1.71. The van der Waals surface area contributed by atoms with E-state index in [1.807, 2.05) is 42.1 Å². The minimum Gasteiger partial charge on any atom is -0.490 e. The molecule has 1 aromatic carbocycles. The van der Waals surface area contributed by atoms with E-state index in [9.17, 15) is 19.5 Å². The van der Waals surface area contributed by atoms with Crippen molar-refractivity contribution in [2.75, 3.05) is 13.2 Å². The highest BCUT2D eigenvalue weighted by Gasteiger charge is 2.19. The summed E-state index contributed by atoms with van der Waals surface area (Å²) >= 11 is 0. The minimum atomic E-state index is -1.26. The smallest absolute Gasteiger partial charge is 0.328 e. The quantitative estimate of drug-likeness (QED) is 0.281. The van der Waals surface area contributed by atoms with Gasteiger partial charge in [0.25, 0.3) is 0 Å². The first-order chi connectivity index (χ1) is 16.9. The van der Waals surface area contributed by atoms with Gasteiger partial charge >= 0.3 is 11.9 Å². The number of carboxylic acid groups (broad SMARTS) is 2. The second kappa shape index (κ2) is 15.5. The fourth-order valence-corrected chi connectivity index (χ4v) is 3.60. The third kappa shape index (κ3) is 11.3. The summed E-state index contributed by atoms with van der Waals surface area (Å²) in [6.45, 7) is 9.18. The van der Waals surface area contributed by atoms with Crippen molar-refractivity contribution >= 4 is 17.7 Å². The van der Waals surface area contributed by atoms with Gasteiger partial charge < -0.3 is 24.6 Å². The van der Waals surface area contributed by atoms with Gasteiger partial charge in [-0.2, -0.15) is 0 Å². The van der Waals surface area contributed by atoms with E-state index < -0.39 is 18.0 Å². The third-order valence-electron chi connectivity index (χ3n) is 5.39. The third-order valence-corrected chi connectivity index (χ3v) is 5.39. The highest BCUT2D eigenvalue weighted by Crippen LogP contribution is 2.21. The largest absolute Gasteiger partial charge is 0.490 e. The molecular formula is C27H38N2O7. The zero-order chi connectivity index (χ0) is 27.3. The molecule has 0 aliphatic heterocycles. The average molecular weight is 503 g/mol. The number of Topliss-reactive ketones (excluding diaryl/α,β-unsaturated/α-hetero) is 1. The second-order valence-electron chi connectivity index (χ2n) is 8.89. The normalized spacial score (nSPS) is 12.0. The number of aromatic nitrogens is 1. The topological polar surface area (TPSA) is 129 Å². The van der Waals surface area contributed by atoms with Crippen LogP contribution in [0, 0.1) is 0 Å². The number of carbonyl (C=O) groups excluding carboxylic acids is 1. The molecule has 0 radical (unpaired) electrons. The van der Waals surface area contributed by atoms with Crippen LogP contribution in [-0.4, -0.2) is 73.8 Å². The monoisotopic (exact) mass is 502 g/mol. The number of para-hydroxylation sites is 1. The SMILES string of the molecule is CC(C)N(CC(O)COc1ccccc1C(=O)CCc1cccn1C)C(C)C.O=C(O)/C=C/C(=O)O. The van der Waals surface area contributed by atoms with E-state index in [0.29, 0.717) is 54.9 Å². The summed E-state index contributed by atoms with van der Waals surface area (Å²) in [4.78, 5) is 34.0. The van der Waals surface area contributed by atoms with Gasteiger partial charge in [-0.3, -0.25) is 9.69 Å². The number of aryl methyl sites for hydroxylation is 2. The van der Waals surface area contributed by atoms with Crippen molar-refractivity contribution in [1.82, 2.24) is 9.47 Å². The Kier molecular flexibility index (Phi) is 13.2. The maximum atomic E-state index is 12.7. The number of hydrogen-bond acceptors (Lipinski definition) is 6. The van der Waals surface area contributed by atoms with E-state index in [1.54, 1.807) is 12.1 Å². The molecule has 0 aliphatic rings. The number of carboxylic acids is 2. The summed E-state index contributed by atoms with van der Waals surface area (Å²) in [6, 6.07) is 12.0. The lowest BCUT2D eigenvalue weighted by Gasteiger charge is -2.32. The Morgan fingerprint density at radius 2 is 1.56 bits per heavy atom. The molecule has 0 fully saturated rings. The Bertz CT molecular complexity index is 987. The van der Waals surface area contributed by atoms with Gasteiger partial charge in [0.1, 0.15) is 18.5 Å². The Morgan fingerprint density at radius 3 is 2.06 bits per heavy atom. The van der Waals surface area contributed by atoms with Gasteiger partial charge in [-0.25, -0.2) is 9.59 Å². The number of ether oxygens (including phenoxy) is 1. The first-order valence-corrected chi connectivity index (χ1v) is 11.8. The molecule has 3 N–H and O–H groups in total. The number of aliphatic carboxylic acids is 2. The van der Waals surface area contributed by atoms with Gasteiger partial charge in [0, 0.05) is 56.1 Å². The highest BCUT2D eigenvalue weighted by molar-refractivity contribution is 5.98. The lowest BCUT2D eigenvalue weighted by atomic mass is 10.0. The standard InChI is InChI=1S/C23H34N2O3.C4H4O4/c1-17(2)25(18(3)4)15-20(26)16-28-23-11-7-6-10-21(23)22(27)13-12-19-9-8-14-24(19)5;5-3(6)1-2-4(7)8/h6-11,14,17-18,20,26H,12-13,15-16H2,1-5H3;1-2H,(H,5,6)(H,7,8)/b;2-1+. The molecule has 0 spiro atoms. The fraction of sp³-hybridized carbons (Fsp3) is 0.444. The number of aliphatic hydroxyl groups excluding tert-OH is 1. The molecule has 2 rings (SSSR count). The van der Waals surface area contributed by atoms with Gasteiger partial charge in [-0.05, 0) is 58.4 Å². The van der Waals surface area contributed by atoms with Crippen LogP contribution >= 0.6 is 0 Å². The molecule has 0 amide bonds. The summed E-state index contributed by atoms with van der Waals surface area (Å²) in [7, 11) is 1.98. The number of hydrogen-bond donors (Lipinski definition) is 3. The van der Waals surface area contributed by atoms with Crippen LogP contribution < -0.4 is 4.74 Å². The van der Waals surface area contributed by atoms with E-state index in [-0.39, 0.29) is 12.4 Å². The van der Waals surface area contributed by atoms with E-state index in [2.05, 4.69) is 32.6 Å². The van der Waals surface area contributed by atoms with Crippen molar-refractivity contribution in [3.8, 4) is 5.75 Å². The Morgan fingerprint density at radius 1 is 0.972 bits per heavy atom. The molecule has 2 aromatic rings. The van der Waals surface area contributed by atoms with E-state index in [1.165, 1.54) is 0 Å². The number of benzene rings is 1. The van der Waals surface area contributed by atoms with Crippen LogP contribution in [0.1, 0.15) is 50.2 Å². The average Bonchev–Trinajstić information content (AvgIpc) is 3.23. The minimum absolute atomic E-state index is 0.0530. The summed E-state index contributed by atoms with van der Waals surface area (Å²) < 4.78 is 7.87. The summed E-state index contributed by atoms with van der Waals surface area (Å²) in [5, 5.41) is 26.0. The van der Waals surface area contributed by atoms with Crippen LogP contribution in [0.4, 0.5) is 0 Å². The molecule has 0 bridgehead atoms.